The van der Waals surface area contributed by atoms with E-state index < -0.39 is 11.2 Å². The van der Waals surface area contributed by atoms with Crippen molar-refractivity contribution in [2.24, 2.45) is 14.1 Å². The van der Waals surface area contributed by atoms with Crippen molar-refractivity contribution < 1.29 is 9.53 Å². The Morgan fingerprint density at radius 3 is 2.50 bits per heavy atom. The predicted molar refractivity (Wildman–Crippen MR) is 97.6 cm³/mol. The van der Waals surface area contributed by atoms with Crippen molar-refractivity contribution in [3.8, 4) is 5.75 Å². The van der Waals surface area contributed by atoms with Crippen LogP contribution in [0.3, 0.4) is 0 Å². The fourth-order valence-corrected chi connectivity index (χ4v) is 3.12. The highest BCUT2D eigenvalue weighted by Crippen LogP contribution is 2.25. The van der Waals surface area contributed by atoms with Gasteiger partial charge in [0.2, 0.25) is 5.28 Å². The molecule has 0 fully saturated rings. The zero-order valence-corrected chi connectivity index (χ0v) is 15.6. The maximum atomic E-state index is 12.6. The second kappa shape index (κ2) is 6.62. The molecule has 0 aliphatic heterocycles. The van der Waals surface area contributed by atoms with E-state index in [1.165, 1.54) is 36.4 Å². The van der Waals surface area contributed by atoms with Gasteiger partial charge in [-0.1, -0.05) is 11.6 Å². The largest absolute Gasteiger partial charge is 0.495 e. The number of aromatic nitrogens is 4. The van der Waals surface area contributed by atoms with Gasteiger partial charge in [0.1, 0.15) is 5.75 Å². The Labute approximate surface area is 157 Å². The number of halogens is 2. The minimum absolute atomic E-state index is 0.0636. The number of ether oxygens (including phenoxy) is 1. The monoisotopic (exact) mass is 396 g/mol. The number of hydrogen-bond donors (Lipinski definition) is 0. The Kier molecular flexibility index (Phi) is 4.64. The predicted octanol–water partition coefficient (Wildman–Crippen LogP) is 1.63. The number of hydrogen-bond acceptors (Lipinski definition) is 5. The minimum Gasteiger partial charge on any atom is -0.495 e. The summed E-state index contributed by atoms with van der Waals surface area (Å²) >= 11 is 12.2. The summed E-state index contributed by atoms with van der Waals surface area (Å²) in [4.78, 5) is 41.1. The average molecular weight is 397 g/mol. The molecule has 0 saturated carbocycles. The third-order valence-corrected chi connectivity index (χ3v) is 4.66. The van der Waals surface area contributed by atoms with E-state index in [0.717, 1.165) is 4.57 Å². The van der Waals surface area contributed by atoms with Gasteiger partial charge >= 0.3 is 5.69 Å². The second-order valence-corrected chi connectivity index (χ2v) is 6.36. The molecule has 0 atom stereocenters. The molecule has 136 valence electrons. The van der Waals surface area contributed by atoms with Crippen LogP contribution in [-0.2, 0) is 20.6 Å². The van der Waals surface area contributed by atoms with E-state index in [4.69, 9.17) is 27.9 Å². The molecular formula is C16H14Cl2N4O4. The highest BCUT2D eigenvalue weighted by molar-refractivity contribution is 6.32. The van der Waals surface area contributed by atoms with Crippen LogP contribution < -0.4 is 16.0 Å². The number of methoxy groups -OCH3 is 1. The van der Waals surface area contributed by atoms with Crippen LogP contribution in [0.25, 0.3) is 11.2 Å². The molecule has 1 aromatic carbocycles. The number of imidazole rings is 1. The van der Waals surface area contributed by atoms with Gasteiger partial charge < -0.3 is 9.30 Å². The summed E-state index contributed by atoms with van der Waals surface area (Å²) in [7, 11) is 4.30. The fraction of sp³-hybridized carbons (Fsp3) is 0.250. The van der Waals surface area contributed by atoms with Gasteiger partial charge in [-0.2, -0.15) is 4.98 Å². The van der Waals surface area contributed by atoms with Gasteiger partial charge in [0.15, 0.2) is 16.9 Å². The van der Waals surface area contributed by atoms with Gasteiger partial charge in [0, 0.05) is 19.7 Å². The van der Waals surface area contributed by atoms with Crippen molar-refractivity contribution in [3.05, 3.63) is 54.9 Å². The van der Waals surface area contributed by atoms with Crippen LogP contribution in [0.4, 0.5) is 0 Å². The van der Waals surface area contributed by atoms with E-state index >= 15 is 0 Å². The standard InChI is InChI=1S/C16H14Cl2N4O4/c1-20-13-12(14(24)21(2)16(20)25)22(15(18)19-13)7-10(23)8-4-5-11(26-3)9(17)6-8/h4-6H,7H2,1-3H3. The number of carbonyl (C=O) groups is 1. The van der Waals surface area contributed by atoms with Crippen LogP contribution >= 0.6 is 23.2 Å². The van der Waals surface area contributed by atoms with E-state index in [2.05, 4.69) is 4.98 Å². The summed E-state index contributed by atoms with van der Waals surface area (Å²) in [6, 6.07) is 4.61. The lowest BCUT2D eigenvalue weighted by Gasteiger charge is -2.08. The summed E-state index contributed by atoms with van der Waals surface area (Å²) in [6.07, 6.45) is 0. The molecule has 0 amide bonds. The smallest absolute Gasteiger partial charge is 0.332 e. The molecule has 0 spiro atoms. The lowest BCUT2D eigenvalue weighted by Crippen LogP contribution is -2.37. The molecule has 0 aliphatic rings. The maximum absolute atomic E-state index is 12.6. The van der Waals surface area contributed by atoms with Crippen molar-refractivity contribution >= 4 is 40.1 Å². The Bertz CT molecular complexity index is 1160. The Morgan fingerprint density at radius 2 is 1.88 bits per heavy atom. The van der Waals surface area contributed by atoms with Crippen LogP contribution in [0.2, 0.25) is 10.3 Å². The third kappa shape index (κ3) is 2.81. The van der Waals surface area contributed by atoms with Crippen molar-refractivity contribution in [2.75, 3.05) is 7.11 Å². The van der Waals surface area contributed by atoms with Crippen LogP contribution in [0.15, 0.2) is 27.8 Å². The van der Waals surface area contributed by atoms with Gasteiger partial charge in [-0.05, 0) is 29.8 Å². The number of fused-ring (bicyclic) bond motifs is 1. The number of aryl methyl sites for hydroxylation is 1. The lowest BCUT2D eigenvalue weighted by molar-refractivity contribution is 0.0973. The van der Waals surface area contributed by atoms with E-state index in [0.29, 0.717) is 16.3 Å². The first kappa shape index (κ1) is 18.2. The van der Waals surface area contributed by atoms with Crippen molar-refractivity contribution in [3.63, 3.8) is 0 Å². The number of carbonyl (C=O) groups excluding carboxylic acids is 1. The van der Waals surface area contributed by atoms with Crippen LogP contribution in [0, 0.1) is 0 Å². The second-order valence-electron chi connectivity index (χ2n) is 5.62. The quantitative estimate of drug-likeness (QED) is 0.493. The number of rotatable bonds is 4. The Balaban J connectivity index is 2.11. The van der Waals surface area contributed by atoms with E-state index in [9.17, 15) is 14.4 Å². The zero-order chi connectivity index (χ0) is 19.2. The number of ketones is 1. The summed E-state index contributed by atoms with van der Waals surface area (Å²) in [5.41, 5.74) is -0.591. The molecular weight excluding hydrogens is 383 g/mol. The SMILES string of the molecule is COc1ccc(C(=O)Cn2c(Cl)nc3c2c(=O)n(C)c(=O)n3C)cc1Cl. The first-order valence-corrected chi connectivity index (χ1v) is 8.20. The fourth-order valence-electron chi connectivity index (χ4n) is 2.64. The normalized spacial score (nSPS) is 11.1. The van der Waals surface area contributed by atoms with Gasteiger partial charge in [0.05, 0.1) is 18.7 Å². The lowest BCUT2D eigenvalue weighted by atomic mass is 10.1. The molecule has 0 radical (unpaired) electrons. The summed E-state index contributed by atoms with van der Waals surface area (Å²) in [5, 5.41) is 0.226. The molecule has 0 aliphatic carbocycles. The number of benzene rings is 1. The molecule has 0 N–H and O–H groups in total. The number of nitrogens with zero attached hydrogens (tertiary/aromatic N) is 4. The zero-order valence-electron chi connectivity index (χ0n) is 14.1. The van der Waals surface area contributed by atoms with E-state index in [-0.39, 0.29) is 28.8 Å². The van der Waals surface area contributed by atoms with Crippen molar-refractivity contribution in [1.82, 2.24) is 18.7 Å². The molecule has 8 nitrogen and oxygen atoms in total. The molecule has 3 aromatic rings. The first-order valence-electron chi connectivity index (χ1n) is 7.44. The van der Waals surface area contributed by atoms with Gasteiger partial charge in [-0.25, -0.2) is 4.79 Å². The molecule has 26 heavy (non-hydrogen) atoms. The molecule has 0 bridgehead atoms. The van der Waals surface area contributed by atoms with Crippen molar-refractivity contribution in [1.29, 1.82) is 0 Å². The topological polar surface area (TPSA) is 88.1 Å². The minimum atomic E-state index is -0.580. The maximum Gasteiger partial charge on any atom is 0.332 e. The van der Waals surface area contributed by atoms with E-state index in [1.807, 2.05) is 0 Å². The summed E-state index contributed by atoms with van der Waals surface area (Å²) in [5.74, 6) is 0.116. The Hall–Kier alpha value is -2.58. The molecule has 10 heteroatoms. The number of Topliss-reactive ketones (excluding diaryl/α,β-unsaturated/α-hetero) is 1. The third-order valence-electron chi connectivity index (χ3n) is 4.08. The highest BCUT2D eigenvalue weighted by Gasteiger charge is 2.20. The molecule has 0 saturated heterocycles. The summed E-state index contributed by atoms with van der Waals surface area (Å²) < 4.78 is 8.47. The van der Waals surface area contributed by atoms with Crippen LogP contribution in [0.1, 0.15) is 10.4 Å². The molecule has 3 rings (SSSR count). The molecule has 0 unspecified atom stereocenters. The molecule has 2 aromatic heterocycles. The van der Waals surface area contributed by atoms with Crippen LogP contribution in [0.5, 0.6) is 5.75 Å². The van der Waals surface area contributed by atoms with Crippen molar-refractivity contribution in [2.45, 2.75) is 6.54 Å². The van der Waals surface area contributed by atoms with Crippen LogP contribution in [-0.4, -0.2) is 31.6 Å². The van der Waals surface area contributed by atoms with Gasteiger partial charge in [-0.15, -0.1) is 0 Å². The average Bonchev–Trinajstić information content (AvgIpc) is 2.94. The summed E-state index contributed by atoms with van der Waals surface area (Å²) in [6.45, 7) is -0.231. The Morgan fingerprint density at radius 1 is 1.19 bits per heavy atom. The first-order chi connectivity index (χ1) is 12.3. The highest BCUT2D eigenvalue weighted by atomic mass is 35.5. The van der Waals surface area contributed by atoms with E-state index in [1.54, 1.807) is 12.1 Å². The van der Waals surface area contributed by atoms with Gasteiger partial charge in [0.25, 0.3) is 5.56 Å². The van der Waals surface area contributed by atoms with Gasteiger partial charge in [-0.3, -0.25) is 18.7 Å². The molecule has 2 heterocycles.